The Hall–Kier alpha value is -4.54. The molecule has 0 fully saturated rings. The first-order chi connectivity index (χ1) is 23.1. The molecule has 49 heavy (non-hydrogen) atoms. The van der Waals surface area contributed by atoms with Gasteiger partial charge in [-0.1, -0.05) is 60.1 Å². The van der Waals surface area contributed by atoms with Crippen molar-refractivity contribution in [2.75, 3.05) is 25.1 Å². The molecule has 9 nitrogen and oxygen atoms in total. The van der Waals surface area contributed by atoms with Gasteiger partial charge >= 0.3 is 0 Å². The summed E-state index contributed by atoms with van der Waals surface area (Å²) in [6, 6.07) is 25.1. The zero-order valence-corrected chi connectivity index (χ0v) is 30.6. The SMILES string of the molecule is COc1ccc(S(=O)(=O)N(CC(=O)N(Cc2ccc(Cl)cc2)[C@@H](Cc2ccccc2)C(=O)NC(C)(C)C)c2cc(C)cc(C)c2)cc1OC. The third kappa shape index (κ3) is 9.77. The van der Waals surface area contributed by atoms with Crippen molar-refractivity contribution >= 4 is 39.1 Å². The number of methoxy groups -OCH3 is 2. The van der Waals surface area contributed by atoms with Crippen LogP contribution in [0.4, 0.5) is 5.69 Å². The van der Waals surface area contributed by atoms with E-state index in [1.165, 1.54) is 37.3 Å². The molecule has 0 aliphatic heterocycles. The average Bonchev–Trinajstić information content (AvgIpc) is 3.04. The summed E-state index contributed by atoms with van der Waals surface area (Å²) in [4.78, 5) is 30.2. The maximum Gasteiger partial charge on any atom is 0.264 e. The molecule has 0 heterocycles. The molecule has 0 radical (unpaired) electrons. The first kappa shape index (κ1) is 37.3. The number of sulfonamides is 1. The fourth-order valence-corrected chi connectivity index (χ4v) is 7.06. The van der Waals surface area contributed by atoms with Crippen LogP contribution in [0.2, 0.25) is 5.02 Å². The Kier molecular flexibility index (Phi) is 12.0. The number of nitrogens with zero attached hydrogens (tertiary/aromatic N) is 2. The van der Waals surface area contributed by atoms with Crippen LogP contribution in [0.15, 0.2) is 95.9 Å². The number of benzene rings is 4. The highest BCUT2D eigenvalue weighted by atomic mass is 35.5. The predicted molar refractivity (Wildman–Crippen MR) is 194 cm³/mol. The summed E-state index contributed by atoms with van der Waals surface area (Å²) in [5, 5.41) is 3.56. The second kappa shape index (κ2) is 15.8. The van der Waals surface area contributed by atoms with Gasteiger partial charge in [-0.2, -0.15) is 0 Å². The van der Waals surface area contributed by atoms with Crippen LogP contribution in [0.25, 0.3) is 0 Å². The number of nitrogens with one attached hydrogen (secondary N) is 1. The third-order valence-corrected chi connectivity index (χ3v) is 9.77. The van der Waals surface area contributed by atoms with Crippen LogP contribution in [0.5, 0.6) is 11.5 Å². The highest BCUT2D eigenvalue weighted by Gasteiger charge is 2.36. The molecule has 0 aliphatic carbocycles. The summed E-state index contributed by atoms with van der Waals surface area (Å²) in [5.74, 6) is -0.345. The van der Waals surface area contributed by atoms with Crippen molar-refractivity contribution < 1.29 is 27.5 Å². The van der Waals surface area contributed by atoms with E-state index in [-0.39, 0.29) is 29.5 Å². The van der Waals surface area contributed by atoms with Crippen LogP contribution >= 0.6 is 11.6 Å². The molecule has 11 heteroatoms. The molecule has 0 aromatic heterocycles. The van der Waals surface area contributed by atoms with Gasteiger partial charge in [-0.15, -0.1) is 0 Å². The number of carbonyl (C=O) groups is 2. The number of hydrogen-bond acceptors (Lipinski definition) is 6. The topological polar surface area (TPSA) is 105 Å². The predicted octanol–water partition coefficient (Wildman–Crippen LogP) is 6.72. The number of rotatable bonds is 13. The van der Waals surface area contributed by atoms with Gasteiger partial charge in [0.2, 0.25) is 11.8 Å². The maximum atomic E-state index is 14.7. The summed E-state index contributed by atoms with van der Waals surface area (Å²) in [5.41, 5.74) is 2.92. The molecule has 4 aromatic rings. The van der Waals surface area contributed by atoms with Crippen LogP contribution < -0.4 is 19.1 Å². The minimum atomic E-state index is -4.35. The van der Waals surface area contributed by atoms with E-state index < -0.39 is 34.1 Å². The van der Waals surface area contributed by atoms with Gasteiger partial charge in [-0.25, -0.2) is 8.42 Å². The fourth-order valence-electron chi connectivity index (χ4n) is 5.52. The zero-order chi connectivity index (χ0) is 35.9. The third-order valence-electron chi connectivity index (χ3n) is 7.75. The van der Waals surface area contributed by atoms with Crippen molar-refractivity contribution in [3.63, 3.8) is 0 Å². The Morgan fingerprint density at radius 1 is 0.816 bits per heavy atom. The minimum Gasteiger partial charge on any atom is -0.493 e. The van der Waals surface area contributed by atoms with Crippen LogP contribution in [-0.4, -0.2) is 57.5 Å². The number of amides is 2. The van der Waals surface area contributed by atoms with E-state index in [0.29, 0.717) is 16.5 Å². The molecule has 2 amide bonds. The molecule has 0 unspecified atom stereocenters. The highest BCUT2D eigenvalue weighted by molar-refractivity contribution is 7.92. The molecule has 0 aliphatic rings. The quantitative estimate of drug-likeness (QED) is 0.166. The summed E-state index contributed by atoms with van der Waals surface area (Å²) >= 11 is 6.18. The molecule has 4 aromatic carbocycles. The number of hydrogen-bond donors (Lipinski definition) is 1. The smallest absolute Gasteiger partial charge is 0.264 e. The van der Waals surface area contributed by atoms with Gasteiger partial charge < -0.3 is 19.7 Å². The highest BCUT2D eigenvalue weighted by Crippen LogP contribution is 2.33. The molecule has 1 atom stereocenters. The Balaban J connectivity index is 1.86. The van der Waals surface area contributed by atoms with Crippen molar-refractivity contribution in [2.45, 2.75) is 64.1 Å². The summed E-state index contributed by atoms with van der Waals surface area (Å²) in [6.07, 6.45) is 0.202. The number of ether oxygens (including phenoxy) is 2. The van der Waals surface area contributed by atoms with Crippen LogP contribution in [-0.2, 0) is 32.6 Å². The largest absolute Gasteiger partial charge is 0.493 e. The van der Waals surface area contributed by atoms with Crippen LogP contribution in [0.1, 0.15) is 43.0 Å². The number of carbonyl (C=O) groups excluding carboxylic acids is 2. The van der Waals surface area contributed by atoms with Crippen molar-refractivity contribution in [1.82, 2.24) is 10.2 Å². The van der Waals surface area contributed by atoms with E-state index in [2.05, 4.69) is 5.32 Å². The Bertz CT molecular complexity index is 1860. The van der Waals surface area contributed by atoms with E-state index >= 15 is 0 Å². The molecule has 260 valence electrons. The molecule has 0 saturated carbocycles. The van der Waals surface area contributed by atoms with E-state index in [0.717, 1.165) is 26.6 Å². The van der Waals surface area contributed by atoms with E-state index in [1.54, 1.807) is 36.4 Å². The van der Waals surface area contributed by atoms with E-state index in [9.17, 15) is 18.0 Å². The maximum absolute atomic E-state index is 14.7. The van der Waals surface area contributed by atoms with Crippen molar-refractivity contribution in [3.8, 4) is 11.5 Å². The van der Waals surface area contributed by atoms with Crippen molar-refractivity contribution in [1.29, 1.82) is 0 Å². The number of halogens is 1. The van der Waals surface area contributed by atoms with E-state index in [1.807, 2.05) is 71.0 Å². The lowest BCUT2D eigenvalue weighted by atomic mass is 10.0. The molecular formula is C38H44ClN3O6S. The van der Waals surface area contributed by atoms with Crippen LogP contribution in [0, 0.1) is 13.8 Å². The normalized spacial score (nSPS) is 12.2. The second-order valence-corrected chi connectivity index (χ2v) is 15.3. The number of aryl methyl sites for hydroxylation is 2. The zero-order valence-electron chi connectivity index (χ0n) is 29.0. The minimum absolute atomic E-state index is 0.0299. The number of anilines is 1. The van der Waals surface area contributed by atoms with E-state index in [4.69, 9.17) is 21.1 Å². The monoisotopic (exact) mass is 705 g/mol. The molecule has 0 saturated heterocycles. The van der Waals surface area contributed by atoms with Gasteiger partial charge in [0.1, 0.15) is 12.6 Å². The first-order valence-electron chi connectivity index (χ1n) is 15.8. The molecule has 4 rings (SSSR count). The van der Waals surface area contributed by atoms with Crippen molar-refractivity contribution in [2.24, 2.45) is 0 Å². The molecule has 1 N–H and O–H groups in total. The van der Waals surface area contributed by atoms with Gasteiger partial charge in [0.25, 0.3) is 10.0 Å². The van der Waals surface area contributed by atoms with Gasteiger partial charge in [0, 0.05) is 29.6 Å². The Labute approximate surface area is 294 Å². The molecule has 0 bridgehead atoms. The lowest BCUT2D eigenvalue weighted by molar-refractivity contribution is -0.140. The molecular weight excluding hydrogens is 662 g/mol. The Morgan fingerprint density at radius 3 is 2.00 bits per heavy atom. The summed E-state index contributed by atoms with van der Waals surface area (Å²) < 4.78 is 40.9. The molecule has 0 spiro atoms. The fraction of sp³-hybridized carbons (Fsp3) is 0.316. The van der Waals surface area contributed by atoms with Gasteiger partial charge in [-0.05, 0) is 93.3 Å². The van der Waals surface area contributed by atoms with Gasteiger partial charge in [0.15, 0.2) is 11.5 Å². The Morgan fingerprint density at radius 2 is 1.43 bits per heavy atom. The van der Waals surface area contributed by atoms with Gasteiger partial charge in [-0.3, -0.25) is 13.9 Å². The summed E-state index contributed by atoms with van der Waals surface area (Å²) in [6.45, 7) is 8.77. The standard InChI is InChI=1S/C38H44ClN3O6S/c1-26-19-27(2)21-31(20-26)42(49(45,46)32-17-18-34(47-6)35(23-32)48-7)25-36(43)41(24-29-13-15-30(39)16-14-29)33(37(44)40-38(3,4)5)22-28-11-9-8-10-12-28/h8-21,23,33H,22,24-25H2,1-7H3,(H,40,44)/t33-/m0/s1. The summed E-state index contributed by atoms with van der Waals surface area (Å²) in [7, 11) is -1.47. The average molecular weight is 706 g/mol. The van der Waals surface area contributed by atoms with Crippen LogP contribution in [0.3, 0.4) is 0 Å². The second-order valence-electron chi connectivity index (χ2n) is 13.0. The lowest BCUT2D eigenvalue weighted by Gasteiger charge is -2.35. The van der Waals surface area contributed by atoms with Crippen molar-refractivity contribution in [3.05, 3.63) is 118 Å². The first-order valence-corrected chi connectivity index (χ1v) is 17.7. The van der Waals surface area contributed by atoms with Gasteiger partial charge in [0.05, 0.1) is 24.8 Å². The lowest BCUT2D eigenvalue weighted by Crippen LogP contribution is -2.56.